The number of fused-ring (bicyclic) bond motifs is 1. The Morgan fingerprint density at radius 2 is 1.70 bits per heavy atom. The Kier molecular flexibility index (Phi) is 9.66. The molecular formula is C35H34F4N6O4S. The lowest BCUT2D eigenvalue weighted by Gasteiger charge is -2.37. The first-order valence-electron chi connectivity index (χ1n) is 15.7. The zero-order valence-corrected chi connectivity index (χ0v) is 28.1. The molecule has 0 bridgehead atoms. The van der Waals surface area contributed by atoms with Crippen molar-refractivity contribution in [2.75, 3.05) is 42.8 Å². The Balaban J connectivity index is 1.44. The van der Waals surface area contributed by atoms with Gasteiger partial charge in [-0.1, -0.05) is 24.3 Å². The summed E-state index contributed by atoms with van der Waals surface area (Å²) in [6, 6.07) is 17.1. The second kappa shape index (κ2) is 13.8. The average molecular weight is 711 g/mol. The molecule has 3 heterocycles. The van der Waals surface area contributed by atoms with E-state index in [9.17, 15) is 26.4 Å². The highest BCUT2D eigenvalue weighted by Gasteiger charge is 2.36. The van der Waals surface area contributed by atoms with Gasteiger partial charge in [0.2, 0.25) is 5.95 Å². The van der Waals surface area contributed by atoms with E-state index >= 15 is 4.39 Å². The van der Waals surface area contributed by atoms with Gasteiger partial charge in [0.05, 0.1) is 34.2 Å². The van der Waals surface area contributed by atoms with E-state index in [2.05, 4.69) is 20.6 Å². The van der Waals surface area contributed by atoms with Crippen LogP contribution in [-0.4, -0.2) is 67.6 Å². The van der Waals surface area contributed by atoms with Crippen LogP contribution in [0, 0.1) is 5.82 Å². The van der Waals surface area contributed by atoms with E-state index in [-0.39, 0.29) is 41.2 Å². The number of hydrogen-bond donors (Lipinski definition) is 2. The molecule has 1 fully saturated rings. The van der Waals surface area contributed by atoms with Gasteiger partial charge in [-0.2, -0.15) is 18.2 Å². The molecule has 1 aliphatic rings. The second-order valence-corrected chi connectivity index (χ2v) is 14.3. The number of halogens is 4. The number of hydrogen-bond acceptors (Lipinski definition) is 9. The van der Waals surface area contributed by atoms with Crippen LogP contribution in [-0.2, 0) is 20.8 Å². The zero-order valence-electron chi connectivity index (χ0n) is 27.3. The fourth-order valence-corrected chi connectivity index (χ4v) is 7.35. The molecule has 15 heteroatoms. The second-order valence-electron chi connectivity index (χ2n) is 12.2. The van der Waals surface area contributed by atoms with Gasteiger partial charge in [0.1, 0.15) is 5.82 Å². The molecule has 262 valence electrons. The van der Waals surface area contributed by atoms with Crippen LogP contribution in [0.15, 0.2) is 88.7 Å². The highest BCUT2D eigenvalue weighted by atomic mass is 32.2. The summed E-state index contributed by atoms with van der Waals surface area (Å²) < 4.78 is 90.2. The largest absolute Gasteiger partial charge is 0.417 e. The van der Waals surface area contributed by atoms with E-state index in [4.69, 9.17) is 4.74 Å². The predicted octanol–water partition coefficient (Wildman–Crippen LogP) is 5.96. The van der Waals surface area contributed by atoms with Crippen molar-refractivity contribution in [2.24, 2.45) is 0 Å². The number of anilines is 3. The van der Waals surface area contributed by atoms with Gasteiger partial charge in [-0.25, -0.2) is 17.8 Å². The normalized spacial score (nSPS) is 16.9. The number of pyridine rings is 1. The third-order valence-electron chi connectivity index (χ3n) is 8.36. The number of rotatable bonds is 9. The van der Waals surface area contributed by atoms with Crippen LogP contribution in [0.3, 0.4) is 0 Å². The van der Waals surface area contributed by atoms with Crippen LogP contribution in [0.1, 0.15) is 19.4 Å². The molecule has 0 spiro atoms. The highest BCUT2D eigenvalue weighted by molar-refractivity contribution is 7.91. The quantitative estimate of drug-likeness (QED) is 0.179. The average Bonchev–Trinajstić information content (AvgIpc) is 3.06. The molecule has 10 nitrogen and oxygen atoms in total. The van der Waals surface area contributed by atoms with Crippen molar-refractivity contribution < 1.29 is 30.7 Å². The van der Waals surface area contributed by atoms with E-state index in [0.717, 1.165) is 16.7 Å². The Hall–Kier alpha value is -4.86. The maximum atomic E-state index is 15.3. The lowest BCUT2D eigenvalue weighted by Crippen LogP contribution is -2.54. The molecule has 5 aromatic rings. The molecule has 0 saturated carbocycles. The first kappa shape index (κ1) is 35.0. The summed E-state index contributed by atoms with van der Waals surface area (Å²) in [4.78, 5) is 24.4. The summed E-state index contributed by atoms with van der Waals surface area (Å²) in [5.74, 6) is -0.940. The number of methoxy groups -OCH3 is 1. The van der Waals surface area contributed by atoms with Crippen LogP contribution in [0.4, 0.5) is 34.9 Å². The standard InChI is InChI=1S/C35H34F4N6O4S/c1-21-19-44(20-22(2)41-21)31-12-9-24(16-30(31)36)42-34-40-18-23-15-28(33(46)45(32(23)43-34)25-7-5-4-6-8-25)27-11-10-26(17-29(27)35(37,38)39)50(47,48)14-13-49-3/h4-12,15-18,21-22,41H,13-14,19-20H2,1-3H3,(H,40,42,43)/t21-,22-/m1/s1. The highest BCUT2D eigenvalue weighted by Crippen LogP contribution is 2.38. The van der Waals surface area contributed by atoms with Gasteiger partial charge in [0.15, 0.2) is 15.5 Å². The lowest BCUT2D eigenvalue weighted by molar-refractivity contribution is -0.137. The maximum Gasteiger partial charge on any atom is 0.417 e. The van der Waals surface area contributed by atoms with Crippen molar-refractivity contribution >= 4 is 38.2 Å². The van der Waals surface area contributed by atoms with Crippen LogP contribution in [0.5, 0.6) is 0 Å². The summed E-state index contributed by atoms with van der Waals surface area (Å²) in [7, 11) is -2.83. The van der Waals surface area contributed by atoms with Gasteiger partial charge in [-0.3, -0.25) is 9.36 Å². The molecule has 0 amide bonds. The Morgan fingerprint density at radius 3 is 2.36 bits per heavy atom. The monoisotopic (exact) mass is 710 g/mol. The number of nitrogens with one attached hydrogen (secondary N) is 2. The van der Waals surface area contributed by atoms with E-state index in [1.54, 1.807) is 42.5 Å². The van der Waals surface area contributed by atoms with Gasteiger partial charge < -0.3 is 20.3 Å². The van der Waals surface area contributed by atoms with Crippen molar-refractivity contribution in [1.29, 1.82) is 0 Å². The fourth-order valence-electron chi connectivity index (χ4n) is 6.16. The number of alkyl halides is 3. The molecule has 1 aliphatic heterocycles. The number of para-hydroxylation sites is 1. The molecule has 2 N–H and O–H groups in total. The molecule has 2 atom stereocenters. The fraction of sp³-hybridized carbons (Fsp3) is 0.286. The van der Waals surface area contributed by atoms with Gasteiger partial charge in [-0.05, 0) is 67.9 Å². The number of sulfone groups is 1. The molecule has 50 heavy (non-hydrogen) atoms. The van der Waals surface area contributed by atoms with Gasteiger partial charge in [-0.15, -0.1) is 0 Å². The molecule has 3 aromatic carbocycles. The molecule has 0 aliphatic carbocycles. The molecule has 0 radical (unpaired) electrons. The third kappa shape index (κ3) is 7.20. The minimum atomic E-state index is -5.00. The van der Waals surface area contributed by atoms with Crippen molar-refractivity contribution in [3.8, 4) is 16.8 Å². The Labute approximate surface area is 285 Å². The Bertz CT molecular complexity index is 2200. The molecule has 2 aromatic heterocycles. The first-order chi connectivity index (χ1) is 23.7. The zero-order chi connectivity index (χ0) is 35.8. The van der Waals surface area contributed by atoms with Crippen molar-refractivity contribution in [3.63, 3.8) is 0 Å². The van der Waals surface area contributed by atoms with Gasteiger partial charge >= 0.3 is 6.18 Å². The van der Waals surface area contributed by atoms with E-state index in [1.807, 2.05) is 18.7 Å². The maximum absolute atomic E-state index is 15.3. The van der Waals surface area contributed by atoms with Crippen LogP contribution in [0.25, 0.3) is 27.8 Å². The number of ether oxygens (including phenoxy) is 1. The van der Waals surface area contributed by atoms with Crippen LogP contribution >= 0.6 is 0 Å². The summed E-state index contributed by atoms with van der Waals surface area (Å²) in [5, 5.41) is 6.61. The SMILES string of the molecule is COCCS(=O)(=O)c1ccc(-c2cc3cnc(Nc4ccc(N5C[C@@H](C)N[C@H](C)C5)c(F)c4)nc3n(-c3ccccc3)c2=O)c(C(F)(F)F)c1. The van der Waals surface area contributed by atoms with Gasteiger partial charge in [0, 0.05) is 55.1 Å². The molecule has 6 rings (SSSR count). The van der Waals surface area contributed by atoms with Crippen molar-refractivity contribution in [3.05, 3.63) is 101 Å². The van der Waals surface area contributed by atoms with Crippen LogP contribution < -0.4 is 21.1 Å². The van der Waals surface area contributed by atoms with Crippen molar-refractivity contribution in [2.45, 2.75) is 37.0 Å². The van der Waals surface area contributed by atoms with Crippen molar-refractivity contribution in [1.82, 2.24) is 19.9 Å². The summed E-state index contributed by atoms with van der Waals surface area (Å²) in [6.07, 6.45) is -3.66. The third-order valence-corrected chi connectivity index (χ3v) is 10.0. The predicted molar refractivity (Wildman–Crippen MR) is 183 cm³/mol. The van der Waals surface area contributed by atoms with E-state index in [1.165, 1.54) is 25.4 Å². The first-order valence-corrected chi connectivity index (χ1v) is 17.4. The number of piperazine rings is 1. The topological polar surface area (TPSA) is 118 Å². The summed E-state index contributed by atoms with van der Waals surface area (Å²) >= 11 is 0. The lowest BCUT2D eigenvalue weighted by atomic mass is 9.99. The number of benzene rings is 3. The summed E-state index contributed by atoms with van der Waals surface area (Å²) in [6.45, 7) is 5.15. The van der Waals surface area contributed by atoms with E-state index < -0.39 is 49.2 Å². The van der Waals surface area contributed by atoms with E-state index in [0.29, 0.717) is 36.2 Å². The number of aromatic nitrogens is 3. The Morgan fingerprint density at radius 1 is 0.980 bits per heavy atom. The molecule has 1 saturated heterocycles. The minimum absolute atomic E-state index is 0.0208. The molecular weight excluding hydrogens is 676 g/mol. The molecule has 0 unspecified atom stereocenters. The summed E-state index contributed by atoms with van der Waals surface area (Å²) in [5.41, 5.74) is -1.77. The number of nitrogens with zero attached hydrogens (tertiary/aromatic N) is 4. The van der Waals surface area contributed by atoms with Gasteiger partial charge in [0.25, 0.3) is 5.56 Å². The van der Waals surface area contributed by atoms with Crippen LogP contribution in [0.2, 0.25) is 0 Å². The minimum Gasteiger partial charge on any atom is -0.384 e. The smallest absolute Gasteiger partial charge is 0.384 e.